The predicted molar refractivity (Wildman–Crippen MR) is 87.5 cm³/mol. The van der Waals surface area contributed by atoms with Crippen LogP contribution < -0.4 is 0 Å². The molecule has 3 heterocycles. The molecule has 6 nitrogen and oxygen atoms in total. The van der Waals surface area contributed by atoms with E-state index in [4.69, 9.17) is 0 Å². The second-order valence-electron chi connectivity index (χ2n) is 5.42. The molecule has 0 spiro atoms. The van der Waals surface area contributed by atoms with Crippen molar-refractivity contribution in [3.8, 4) is 0 Å². The minimum atomic E-state index is -0.00432. The number of pyridine rings is 1. The fourth-order valence-corrected chi connectivity index (χ4v) is 3.36. The molecule has 3 rings (SSSR count). The third kappa shape index (κ3) is 3.56. The van der Waals surface area contributed by atoms with E-state index in [1.54, 1.807) is 35.6 Å². The fourth-order valence-electron chi connectivity index (χ4n) is 2.62. The van der Waals surface area contributed by atoms with Crippen molar-refractivity contribution in [1.29, 1.82) is 0 Å². The summed E-state index contributed by atoms with van der Waals surface area (Å²) >= 11 is 1.41. The van der Waals surface area contributed by atoms with Gasteiger partial charge in [0, 0.05) is 44.1 Å². The van der Waals surface area contributed by atoms with Crippen LogP contribution in [-0.2, 0) is 0 Å². The van der Waals surface area contributed by atoms with Gasteiger partial charge in [0.2, 0.25) is 0 Å². The Morgan fingerprint density at radius 1 is 1.04 bits per heavy atom. The van der Waals surface area contributed by atoms with Gasteiger partial charge in [-0.1, -0.05) is 0 Å². The highest BCUT2D eigenvalue weighted by atomic mass is 32.1. The molecule has 0 N–H and O–H groups in total. The average Bonchev–Trinajstić information content (AvgIpc) is 2.87. The number of nitrogens with zero attached hydrogens (tertiary/aromatic N) is 4. The standard InChI is InChI=1S/C16H18N4O2S/c1-12-18-11-14(23-12)16(22)20-8-2-7-19(9-10-20)15(21)13-3-5-17-6-4-13/h3-6,11H,2,7-10H2,1H3. The normalized spacial score (nSPS) is 15.3. The summed E-state index contributed by atoms with van der Waals surface area (Å²) in [6, 6.07) is 3.44. The molecule has 0 bridgehead atoms. The molecule has 2 aromatic rings. The summed E-state index contributed by atoms with van der Waals surface area (Å²) in [5.41, 5.74) is 0.637. The number of carbonyl (C=O) groups excluding carboxylic acids is 2. The van der Waals surface area contributed by atoms with Crippen molar-refractivity contribution in [2.75, 3.05) is 26.2 Å². The summed E-state index contributed by atoms with van der Waals surface area (Å²) in [5, 5.41) is 0.887. The molecular weight excluding hydrogens is 312 g/mol. The van der Waals surface area contributed by atoms with Gasteiger partial charge in [-0.25, -0.2) is 4.98 Å². The van der Waals surface area contributed by atoms with Crippen molar-refractivity contribution in [3.05, 3.63) is 46.2 Å². The molecule has 0 aromatic carbocycles. The average molecular weight is 330 g/mol. The van der Waals surface area contributed by atoms with Crippen LogP contribution in [-0.4, -0.2) is 57.8 Å². The zero-order valence-corrected chi connectivity index (χ0v) is 13.8. The van der Waals surface area contributed by atoms with Crippen molar-refractivity contribution in [2.45, 2.75) is 13.3 Å². The quantitative estimate of drug-likeness (QED) is 0.843. The van der Waals surface area contributed by atoms with Gasteiger partial charge < -0.3 is 9.80 Å². The van der Waals surface area contributed by atoms with Crippen LogP contribution in [0.1, 0.15) is 31.5 Å². The van der Waals surface area contributed by atoms with Crippen molar-refractivity contribution >= 4 is 23.2 Å². The second kappa shape index (κ2) is 6.87. The van der Waals surface area contributed by atoms with E-state index in [0.717, 1.165) is 11.4 Å². The number of hydrogen-bond donors (Lipinski definition) is 0. The van der Waals surface area contributed by atoms with Crippen LogP contribution in [0.3, 0.4) is 0 Å². The van der Waals surface area contributed by atoms with E-state index >= 15 is 0 Å². The summed E-state index contributed by atoms with van der Waals surface area (Å²) in [4.78, 5) is 37.3. The number of amides is 2. The van der Waals surface area contributed by atoms with Gasteiger partial charge in [0.1, 0.15) is 4.88 Å². The van der Waals surface area contributed by atoms with Crippen LogP contribution in [0.4, 0.5) is 0 Å². The Bertz CT molecular complexity index is 701. The van der Waals surface area contributed by atoms with Crippen LogP contribution in [0, 0.1) is 6.92 Å². The van der Waals surface area contributed by atoms with Gasteiger partial charge >= 0.3 is 0 Å². The van der Waals surface area contributed by atoms with Gasteiger partial charge in [0.25, 0.3) is 11.8 Å². The molecule has 0 unspecified atom stereocenters. The molecule has 7 heteroatoms. The maximum absolute atomic E-state index is 12.5. The summed E-state index contributed by atoms with van der Waals surface area (Å²) in [6.07, 6.45) is 5.65. The first-order valence-electron chi connectivity index (χ1n) is 7.56. The Morgan fingerprint density at radius 3 is 2.30 bits per heavy atom. The van der Waals surface area contributed by atoms with E-state index in [-0.39, 0.29) is 11.8 Å². The topological polar surface area (TPSA) is 66.4 Å². The molecule has 1 aliphatic heterocycles. The van der Waals surface area contributed by atoms with Crippen LogP contribution in [0.2, 0.25) is 0 Å². The first kappa shape index (κ1) is 15.6. The minimum Gasteiger partial charge on any atom is -0.337 e. The molecule has 0 atom stereocenters. The molecule has 1 fully saturated rings. The molecule has 0 saturated carbocycles. The summed E-state index contributed by atoms with van der Waals surface area (Å²) in [6.45, 7) is 4.30. The van der Waals surface area contributed by atoms with Gasteiger partial charge in [-0.15, -0.1) is 11.3 Å². The zero-order valence-electron chi connectivity index (χ0n) is 12.9. The monoisotopic (exact) mass is 330 g/mol. The Labute approximate surface area is 138 Å². The van der Waals surface area contributed by atoms with Crippen molar-refractivity contribution in [2.24, 2.45) is 0 Å². The van der Waals surface area contributed by atoms with Crippen LogP contribution in [0.5, 0.6) is 0 Å². The van der Waals surface area contributed by atoms with Crippen molar-refractivity contribution in [1.82, 2.24) is 19.8 Å². The summed E-state index contributed by atoms with van der Waals surface area (Å²) in [5.74, 6) is 0.00384. The third-order valence-corrected chi connectivity index (χ3v) is 4.73. The molecule has 23 heavy (non-hydrogen) atoms. The van der Waals surface area contributed by atoms with Gasteiger partial charge in [-0.05, 0) is 25.5 Å². The Hall–Kier alpha value is -2.28. The number of thiazole rings is 1. The molecule has 0 radical (unpaired) electrons. The molecule has 120 valence electrons. The molecule has 0 aliphatic carbocycles. The SMILES string of the molecule is Cc1ncc(C(=O)N2CCCN(C(=O)c3ccncc3)CC2)s1. The molecule has 2 aromatic heterocycles. The lowest BCUT2D eigenvalue weighted by Crippen LogP contribution is -2.37. The Kier molecular flexibility index (Phi) is 4.66. The lowest BCUT2D eigenvalue weighted by atomic mass is 10.2. The third-order valence-electron chi connectivity index (χ3n) is 3.83. The van der Waals surface area contributed by atoms with E-state index in [2.05, 4.69) is 9.97 Å². The number of aryl methyl sites for hydroxylation is 1. The van der Waals surface area contributed by atoms with Crippen LogP contribution >= 0.6 is 11.3 Å². The van der Waals surface area contributed by atoms with Crippen LogP contribution in [0.15, 0.2) is 30.7 Å². The maximum Gasteiger partial charge on any atom is 0.265 e. The second-order valence-corrected chi connectivity index (χ2v) is 6.65. The number of rotatable bonds is 2. The van der Waals surface area contributed by atoms with E-state index < -0.39 is 0 Å². The van der Waals surface area contributed by atoms with E-state index in [1.807, 2.05) is 11.8 Å². The summed E-state index contributed by atoms with van der Waals surface area (Å²) in [7, 11) is 0. The minimum absolute atomic E-state index is 0.00432. The first-order chi connectivity index (χ1) is 11.1. The smallest absolute Gasteiger partial charge is 0.265 e. The largest absolute Gasteiger partial charge is 0.337 e. The first-order valence-corrected chi connectivity index (χ1v) is 8.38. The number of hydrogen-bond acceptors (Lipinski definition) is 5. The summed E-state index contributed by atoms with van der Waals surface area (Å²) < 4.78 is 0. The lowest BCUT2D eigenvalue weighted by molar-refractivity contribution is 0.0721. The zero-order chi connectivity index (χ0) is 16.2. The van der Waals surface area contributed by atoms with Gasteiger partial charge in [0.15, 0.2) is 0 Å². The van der Waals surface area contributed by atoms with Gasteiger partial charge in [-0.3, -0.25) is 14.6 Å². The van der Waals surface area contributed by atoms with E-state index in [1.165, 1.54) is 11.3 Å². The lowest BCUT2D eigenvalue weighted by Gasteiger charge is -2.21. The predicted octanol–water partition coefficient (Wildman–Crippen LogP) is 1.83. The highest BCUT2D eigenvalue weighted by Crippen LogP contribution is 2.16. The van der Waals surface area contributed by atoms with Gasteiger partial charge in [0.05, 0.1) is 11.2 Å². The van der Waals surface area contributed by atoms with Crippen molar-refractivity contribution < 1.29 is 9.59 Å². The number of aromatic nitrogens is 2. The van der Waals surface area contributed by atoms with Gasteiger partial charge in [-0.2, -0.15) is 0 Å². The number of carbonyl (C=O) groups is 2. The highest BCUT2D eigenvalue weighted by molar-refractivity contribution is 7.13. The maximum atomic E-state index is 12.5. The fraction of sp³-hybridized carbons (Fsp3) is 0.375. The highest BCUT2D eigenvalue weighted by Gasteiger charge is 2.24. The van der Waals surface area contributed by atoms with Crippen molar-refractivity contribution in [3.63, 3.8) is 0 Å². The van der Waals surface area contributed by atoms with E-state index in [0.29, 0.717) is 36.6 Å². The van der Waals surface area contributed by atoms with E-state index in [9.17, 15) is 9.59 Å². The molecular formula is C16H18N4O2S. The molecule has 2 amide bonds. The Morgan fingerprint density at radius 2 is 1.70 bits per heavy atom. The molecule has 1 aliphatic rings. The van der Waals surface area contributed by atoms with Crippen LogP contribution in [0.25, 0.3) is 0 Å². The Balaban J connectivity index is 1.65. The molecule has 1 saturated heterocycles.